The van der Waals surface area contributed by atoms with Crippen LogP contribution in [-0.2, 0) is 4.79 Å². The van der Waals surface area contributed by atoms with Gasteiger partial charge in [0.2, 0.25) is 5.91 Å². The average Bonchev–Trinajstić information content (AvgIpc) is 2.47. The summed E-state index contributed by atoms with van der Waals surface area (Å²) in [5.74, 6) is 0.115. The van der Waals surface area contributed by atoms with Crippen LogP contribution in [0.25, 0.3) is 11.1 Å². The first-order valence-corrected chi connectivity index (χ1v) is 6.38. The Bertz CT molecular complexity index is 610. The number of carbonyl (C=O) groups excluding carboxylic acids is 1. The molecule has 1 aliphatic rings. The third-order valence-electron chi connectivity index (χ3n) is 3.33. The number of pyridine rings is 1. The predicted molar refractivity (Wildman–Crippen MR) is 76.2 cm³/mol. The molecule has 19 heavy (non-hydrogen) atoms. The zero-order valence-electron chi connectivity index (χ0n) is 10.8. The number of nitrogens with one attached hydrogen (secondary N) is 1. The van der Waals surface area contributed by atoms with Gasteiger partial charge < -0.3 is 10.2 Å². The highest BCUT2D eigenvalue weighted by Crippen LogP contribution is 2.33. The Morgan fingerprint density at radius 1 is 1.32 bits per heavy atom. The third-order valence-corrected chi connectivity index (χ3v) is 3.33. The van der Waals surface area contributed by atoms with Crippen LogP contribution in [0.2, 0.25) is 0 Å². The molecule has 1 aliphatic heterocycles. The van der Waals surface area contributed by atoms with E-state index in [1.807, 2.05) is 37.4 Å². The number of benzene rings is 1. The van der Waals surface area contributed by atoms with Crippen LogP contribution in [-0.4, -0.2) is 24.0 Å². The number of hydrogen-bond acceptors (Lipinski definition) is 3. The van der Waals surface area contributed by atoms with E-state index in [9.17, 15) is 4.79 Å². The molecule has 0 bridgehead atoms. The van der Waals surface area contributed by atoms with Crippen LogP contribution in [0.4, 0.5) is 11.4 Å². The van der Waals surface area contributed by atoms with Crippen molar-refractivity contribution in [3.05, 3.63) is 42.7 Å². The van der Waals surface area contributed by atoms with Crippen LogP contribution in [0, 0.1) is 0 Å². The molecule has 2 aromatic rings. The lowest BCUT2D eigenvalue weighted by molar-refractivity contribution is -0.117. The molecule has 1 aromatic carbocycles. The zero-order chi connectivity index (χ0) is 13.2. The van der Waals surface area contributed by atoms with Crippen LogP contribution < -0.4 is 10.2 Å². The number of anilines is 2. The Balaban J connectivity index is 2.03. The van der Waals surface area contributed by atoms with Crippen LogP contribution in [0.5, 0.6) is 0 Å². The first kappa shape index (κ1) is 11.7. The molecule has 1 amide bonds. The van der Waals surface area contributed by atoms with E-state index >= 15 is 0 Å². The van der Waals surface area contributed by atoms with Crippen molar-refractivity contribution in [2.24, 2.45) is 0 Å². The van der Waals surface area contributed by atoms with E-state index in [0.717, 1.165) is 22.5 Å². The van der Waals surface area contributed by atoms with E-state index in [2.05, 4.69) is 16.4 Å². The molecule has 4 heteroatoms. The number of amides is 1. The second-order valence-electron chi connectivity index (χ2n) is 4.47. The smallest absolute Gasteiger partial charge is 0.246 e. The van der Waals surface area contributed by atoms with Gasteiger partial charge in [-0.05, 0) is 30.7 Å². The summed E-state index contributed by atoms with van der Waals surface area (Å²) in [5, 5.41) is 3.18. The Labute approximate surface area is 112 Å². The van der Waals surface area contributed by atoms with E-state index in [1.54, 1.807) is 11.1 Å². The second kappa shape index (κ2) is 4.72. The molecule has 0 radical (unpaired) electrons. The molecule has 4 nitrogen and oxygen atoms in total. The number of carbonyl (C=O) groups is 1. The predicted octanol–water partition coefficient (Wildman–Crippen LogP) is 2.53. The largest absolute Gasteiger partial charge is 0.374 e. The second-order valence-corrected chi connectivity index (χ2v) is 4.47. The highest BCUT2D eigenvalue weighted by Gasteiger charge is 2.22. The maximum absolute atomic E-state index is 11.8. The summed E-state index contributed by atoms with van der Waals surface area (Å²) in [6.45, 7) is 3.04. The Morgan fingerprint density at radius 2 is 2.21 bits per heavy atom. The summed E-state index contributed by atoms with van der Waals surface area (Å²) in [6.07, 6.45) is 3.60. The number of nitrogens with zero attached hydrogens (tertiary/aromatic N) is 2. The molecule has 0 saturated heterocycles. The van der Waals surface area contributed by atoms with Crippen LogP contribution in [0.1, 0.15) is 6.92 Å². The summed E-state index contributed by atoms with van der Waals surface area (Å²) in [6, 6.07) is 10.0. The van der Waals surface area contributed by atoms with Gasteiger partial charge in [0.1, 0.15) is 0 Å². The minimum absolute atomic E-state index is 0.115. The highest BCUT2D eigenvalue weighted by atomic mass is 16.2. The molecule has 3 rings (SSSR count). The van der Waals surface area contributed by atoms with Gasteiger partial charge in [0.25, 0.3) is 0 Å². The average molecular weight is 253 g/mol. The minimum atomic E-state index is 0.115. The van der Waals surface area contributed by atoms with Gasteiger partial charge in [-0.2, -0.15) is 0 Å². The number of hydrogen-bond donors (Lipinski definition) is 1. The maximum atomic E-state index is 11.8. The molecule has 0 aliphatic carbocycles. The molecular weight excluding hydrogens is 238 g/mol. The van der Waals surface area contributed by atoms with Gasteiger partial charge in [0.15, 0.2) is 0 Å². The van der Waals surface area contributed by atoms with Crippen molar-refractivity contribution < 1.29 is 4.79 Å². The van der Waals surface area contributed by atoms with Crippen LogP contribution in [0.3, 0.4) is 0 Å². The number of rotatable bonds is 2. The monoisotopic (exact) mass is 253 g/mol. The molecule has 0 saturated carbocycles. The fourth-order valence-corrected chi connectivity index (χ4v) is 2.37. The molecule has 96 valence electrons. The van der Waals surface area contributed by atoms with Crippen molar-refractivity contribution in [1.82, 2.24) is 4.98 Å². The van der Waals surface area contributed by atoms with Crippen LogP contribution >= 0.6 is 0 Å². The molecule has 2 heterocycles. The van der Waals surface area contributed by atoms with E-state index in [4.69, 9.17) is 0 Å². The summed E-state index contributed by atoms with van der Waals surface area (Å²) in [5.41, 5.74) is 4.13. The van der Waals surface area contributed by atoms with E-state index < -0.39 is 0 Å². The number of aromatic nitrogens is 1. The molecular formula is C15H15N3O. The van der Waals surface area contributed by atoms with Gasteiger partial charge in [-0.25, -0.2) is 0 Å². The molecule has 1 aromatic heterocycles. The van der Waals surface area contributed by atoms with Crippen molar-refractivity contribution in [3.8, 4) is 11.1 Å². The number of fused-ring (bicyclic) bond motifs is 1. The third kappa shape index (κ3) is 2.05. The van der Waals surface area contributed by atoms with Crippen molar-refractivity contribution >= 4 is 17.3 Å². The first-order chi connectivity index (χ1) is 9.29. The lowest BCUT2D eigenvalue weighted by Crippen LogP contribution is -2.39. The SMILES string of the molecule is CCN1C(=O)CNc2cc(-c3cccnc3)ccc21. The van der Waals surface area contributed by atoms with Gasteiger partial charge in [0, 0.05) is 24.5 Å². The standard InChI is InChI=1S/C15H15N3O/c1-2-18-14-6-5-11(12-4-3-7-16-9-12)8-13(14)17-10-15(18)19/h3-9,17H,2,10H2,1H3. The molecule has 0 fully saturated rings. The van der Waals surface area contributed by atoms with Gasteiger partial charge in [-0.15, -0.1) is 0 Å². The van der Waals surface area contributed by atoms with Gasteiger partial charge in [-0.3, -0.25) is 9.78 Å². The van der Waals surface area contributed by atoms with Gasteiger partial charge in [0.05, 0.1) is 17.9 Å². The van der Waals surface area contributed by atoms with Crippen molar-refractivity contribution in [2.75, 3.05) is 23.3 Å². The summed E-state index contributed by atoms with van der Waals surface area (Å²) in [4.78, 5) is 17.7. The van der Waals surface area contributed by atoms with E-state index in [-0.39, 0.29) is 5.91 Å². The quantitative estimate of drug-likeness (QED) is 0.894. The van der Waals surface area contributed by atoms with Crippen molar-refractivity contribution in [1.29, 1.82) is 0 Å². The van der Waals surface area contributed by atoms with Crippen molar-refractivity contribution in [3.63, 3.8) is 0 Å². The normalized spacial score (nSPS) is 13.9. The van der Waals surface area contributed by atoms with Gasteiger partial charge in [-0.1, -0.05) is 12.1 Å². The fraction of sp³-hybridized carbons (Fsp3) is 0.200. The molecule has 0 unspecified atom stereocenters. The van der Waals surface area contributed by atoms with Crippen molar-refractivity contribution in [2.45, 2.75) is 6.92 Å². The summed E-state index contributed by atoms with van der Waals surface area (Å²) < 4.78 is 0. The van der Waals surface area contributed by atoms with E-state index in [0.29, 0.717) is 13.1 Å². The molecule has 1 N–H and O–H groups in total. The summed E-state index contributed by atoms with van der Waals surface area (Å²) >= 11 is 0. The van der Waals surface area contributed by atoms with E-state index in [1.165, 1.54) is 0 Å². The summed E-state index contributed by atoms with van der Waals surface area (Å²) in [7, 11) is 0. The highest BCUT2D eigenvalue weighted by molar-refractivity contribution is 6.03. The minimum Gasteiger partial charge on any atom is -0.374 e. The fourth-order valence-electron chi connectivity index (χ4n) is 2.37. The number of likely N-dealkylation sites (N-methyl/N-ethyl adjacent to an activating group) is 1. The lowest BCUT2D eigenvalue weighted by Gasteiger charge is -2.29. The van der Waals surface area contributed by atoms with Gasteiger partial charge >= 0.3 is 0 Å². The first-order valence-electron chi connectivity index (χ1n) is 6.38. The Kier molecular flexibility index (Phi) is 2.91. The maximum Gasteiger partial charge on any atom is 0.246 e. The Morgan fingerprint density at radius 3 is 2.95 bits per heavy atom. The molecule has 0 spiro atoms. The zero-order valence-corrected chi connectivity index (χ0v) is 10.8. The van der Waals surface area contributed by atoms with Crippen LogP contribution in [0.15, 0.2) is 42.7 Å². The lowest BCUT2D eigenvalue weighted by atomic mass is 10.0. The topological polar surface area (TPSA) is 45.2 Å². The Hall–Kier alpha value is -2.36. The molecule has 0 atom stereocenters.